The molecule has 0 bridgehead atoms. The smallest absolute Gasteiger partial charge is 0.222 e. The van der Waals surface area contributed by atoms with Crippen LogP contribution in [0, 0.1) is 0 Å². The van der Waals surface area contributed by atoms with E-state index in [0.29, 0.717) is 12.3 Å². The summed E-state index contributed by atoms with van der Waals surface area (Å²) >= 11 is 0. The number of carbonyl (C=O) groups excluding carboxylic acids is 1. The zero-order valence-corrected chi connectivity index (χ0v) is 15.8. The highest BCUT2D eigenvalue weighted by Crippen LogP contribution is 2.26. The minimum Gasteiger partial charge on any atom is -0.342 e. The van der Waals surface area contributed by atoms with E-state index < -0.39 is 0 Å². The van der Waals surface area contributed by atoms with Gasteiger partial charge in [0.05, 0.1) is 0 Å². The number of hydrogen-bond acceptors (Lipinski definition) is 4. The molecule has 1 saturated heterocycles. The molecule has 3 rings (SSSR count). The van der Waals surface area contributed by atoms with Gasteiger partial charge in [-0.15, -0.1) is 0 Å². The van der Waals surface area contributed by atoms with Gasteiger partial charge >= 0.3 is 0 Å². The number of rotatable bonds is 7. The molecular formula is C20H29N5O. The highest BCUT2D eigenvalue weighted by atomic mass is 16.2. The number of carbonyl (C=O) groups is 1. The topological polar surface area (TPSA) is 54.3 Å². The molecule has 3 heterocycles. The summed E-state index contributed by atoms with van der Waals surface area (Å²) in [5, 5.41) is 0. The van der Waals surface area contributed by atoms with E-state index in [1.165, 1.54) is 5.56 Å². The van der Waals surface area contributed by atoms with Crippen LogP contribution in [-0.4, -0.2) is 64.0 Å². The molecule has 1 aliphatic rings. The average Bonchev–Trinajstić information content (AvgIpc) is 3.14. The summed E-state index contributed by atoms with van der Waals surface area (Å²) in [6.07, 6.45) is 11.0. The zero-order valence-electron chi connectivity index (χ0n) is 15.8. The first-order valence-corrected chi connectivity index (χ1v) is 9.46. The van der Waals surface area contributed by atoms with E-state index in [-0.39, 0.29) is 5.91 Å². The van der Waals surface area contributed by atoms with Crippen LogP contribution in [0.15, 0.2) is 36.9 Å². The molecule has 0 aromatic carbocycles. The molecule has 140 valence electrons. The average molecular weight is 355 g/mol. The maximum atomic E-state index is 12.7. The number of likely N-dealkylation sites (N-methyl/N-ethyl adjacent to an activating group) is 1. The van der Waals surface area contributed by atoms with Crippen LogP contribution < -0.4 is 0 Å². The maximum absolute atomic E-state index is 12.7. The Morgan fingerprint density at radius 1 is 1.27 bits per heavy atom. The molecule has 6 heteroatoms. The number of piperidine rings is 1. The van der Waals surface area contributed by atoms with Crippen molar-refractivity contribution < 1.29 is 4.79 Å². The van der Waals surface area contributed by atoms with Gasteiger partial charge in [-0.1, -0.05) is 0 Å². The van der Waals surface area contributed by atoms with Gasteiger partial charge in [-0.3, -0.25) is 9.78 Å². The van der Waals surface area contributed by atoms with Gasteiger partial charge in [0.25, 0.3) is 0 Å². The van der Waals surface area contributed by atoms with Crippen molar-refractivity contribution in [2.75, 3.05) is 33.7 Å². The maximum Gasteiger partial charge on any atom is 0.222 e. The number of aromatic nitrogens is 3. The summed E-state index contributed by atoms with van der Waals surface area (Å²) in [4.78, 5) is 25.5. The molecule has 1 fully saturated rings. The minimum absolute atomic E-state index is 0.248. The predicted octanol–water partition coefficient (Wildman–Crippen LogP) is 2.18. The minimum atomic E-state index is 0.248. The van der Waals surface area contributed by atoms with E-state index in [1.54, 1.807) is 12.4 Å². The van der Waals surface area contributed by atoms with E-state index >= 15 is 0 Å². The summed E-state index contributed by atoms with van der Waals surface area (Å²) in [7, 11) is 4.17. The van der Waals surface area contributed by atoms with Gasteiger partial charge in [-0.25, -0.2) is 4.98 Å². The highest BCUT2D eigenvalue weighted by molar-refractivity contribution is 5.76. The van der Waals surface area contributed by atoms with E-state index in [1.807, 2.05) is 23.2 Å². The summed E-state index contributed by atoms with van der Waals surface area (Å²) in [6.45, 7) is 3.58. The van der Waals surface area contributed by atoms with Crippen molar-refractivity contribution in [1.82, 2.24) is 24.3 Å². The summed E-state index contributed by atoms with van der Waals surface area (Å²) in [5.41, 5.74) is 1.17. The van der Waals surface area contributed by atoms with Crippen LogP contribution in [0.25, 0.3) is 0 Å². The first kappa shape index (κ1) is 18.6. The molecule has 2 aromatic rings. The number of nitrogens with zero attached hydrogens (tertiary/aromatic N) is 5. The van der Waals surface area contributed by atoms with Crippen LogP contribution in [0.5, 0.6) is 0 Å². The third-order valence-electron chi connectivity index (χ3n) is 5.05. The van der Waals surface area contributed by atoms with Crippen molar-refractivity contribution in [3.05, 3.63) is 48.3 Å². The number of pyridine rings is 1. The summed E-state index contributed by atoms with van der Waals surface area (Å²) in [6, 6.07) is 3.96. The van der Waals surface area contributed by atoms with E-state index in [2.05, 4.69) is 39.7 Å². The molecule has 0 saturated carbocycles. The highest BCUT2D eigenvalue weighted by Gasteiger charge is 2.27. The fourth-order valence-corrected chi connectivity index (χ4v) is 3.55. The van der Waals surface area contributed by atoms with Gasteiger partial charge in [-0.2, -0.15) is 0 Å². The standard InChI is InChI=1S/C20H29N5O/c1-23(2)14-15-24-13-11-22-20(24)18-4-3-12-25(16-18)19(26)6-5-17-7-9-21-10-8-17/h7-11,13,18H,3-6,12,14-16H2,1-2H3. The van der Waals surface area contributed by atoms with Crippen LogP contribution >= 0.6 is 0 Å². The normalized spacial score (nSPS) is 17.7. The Labute approximate surface area is 155 Å². The first-order chi connectivity index (χ1) is 12.6. The lowest BCUT2D eigenvalue weighted by atomic mass is 9.96. The van der Waals surface area contributed by atoms with Crippen LogP contribution in [0.3, 0.4) is 0 Å². The largest absolute Gasteiger partial charge is 0.342 e. The van der Waals surface area contributed by atoms with Gasteiger partial charge in [0, 0.05) is 63.3 Å². The zero-order chi connectivity index (χ0) is 18.4. The van der Waals surface area contributed by atoms with Crippen LogP contribution in [0.1, 0.15) is 36.6 Å². The number of aryl methyl sites for hydroxylation is 1. The van der Waals surface area contributed by atoms with Crippen LogP contribution in [0.4, 0.5) is 0 Å². The third-order valence-corrected chi connectivity index (χ3v) is 5.05. The molecule has 1 aliphatic heterocycles. The van der Waals surface area contributed by atoms with Crippen LogP contribution in [-0.2, 0) is 17.8 Å². The van der Waals surface area contributed by atoms with Crippen molar-refractivity contribution in [2.24, 2.45) is 0 Å². The summed E-state index contributed by atoms with van der Waals surface area (Å²) in [5.74, 6) is 1.71. The fraction of sp³-hybridized carbons (Fsp3) is 0.550. The van der Waals surface area contributed by atoms with Gasteiger partial charge in [0.1, 0.15) is 5.82 Å². The molecule has 0 radical (unpaired) electrons. The number of hydrogen-bond donors (Lipinski definition) is 0. The Kier molecular flexibility index (Phi) is 6.39. The number of imidazole rings is 1. The van der Waals surface area contributed by atoms with Crippen molar-refractivity contribution in [3.63, 3.8) is 0 Å². The number of likely N-dealkylation sites (tertiary alicyclic amines) is 1. The van der Waals surface area contributed by atoms with Gasteiger partial charge in [-0.05, 0) is 51.1 Å². The Hall–Kier alpha value is -2.21. The second-order valence-corrected chi connectivity index (χ2v) is 7.32. The Morgan fingerprint density at radius 3 is 2.85 bits per heavy atom. The molecule has 6 nitrogen and oxygen atoms in total. The van der Waals surface area contributed by atoms with E-state index in [4.69, 9.17) is 0 Å². The molecule has 26 heavy (non-hydrogen) atoms. The lowest BCUT2D eigenvalue weighted by molar-refractivity contribution is -0.132. The predicted molar refractivity (Wildman–Crippen MR) is 102 cm³/mol. The van der Waals surface area contributed by atoms with Crippen molar-refractivity contribution in [1.29, 1.82) is 0 Å². The molecule has 0 aliphatic carbocycles. The lowest BCUT2D eigenvalue weighted by Crippen LogP contribution is -2.40. The monoisotopic (exact) mass is 355 g/mol. The Balaban J connectivity index is 1.57. The molecule has 0 spiro atoms. The Morgan fingerprint density at radius 2 is 2.08 bits per heavy atom. The van der Waals surface area contributed by atoms with E-state index in [9.17, 15) is 4.79 Å². The van der Waals surface area contributed by atoms with Crippen molar-refractivity contribution in [3.8, 4) is 0 Å². The first-order valence-electron chi connectivity index (χ1n) is 9.46. The quantitative estimate of drug-likeness (QED) is 0.764. The second kappa shape index (κ2) is 8.94. The SMILES string of the molecule is CN(C)CCn1ccnc1C1CCCN(C(=O)CCc2ccncc2)C1. The molecule has 1 atom stereocenters. The molecule has 1 unspecified atom stereocenters. The summed E-state index contributed by atoms with van der Waals surface area (Å²) < 4.78 is 2.25. The van der Waals surface area contributed by atoms with Crippen molar-refractivity contribution in [2.45, 2.75) is 38.1 Å². The van der Waals surface area contributed by atoms with Gasteiger partial charge in [0.15, 0.2) is 0 Å². The molecule has 2 aromatic heterocycles. The molecule has 1 amide bonds. The Bertz CT molecular complexity index is 697. The third kappa shape index (κ3) is 4.91. The molecular weight excluding hydrogens is 326 g/mol. The fourth-order valence-electron chi connectivity index (χ4n) is 3.55. The lowest BCUT2D eigenvalue weighted by Gasteiger charge is -2.33. The molecule has 0 N–H and O–H groups in total. The van der Waals surface area contributed by atoms with Gasteiger partial charge < -0.3 is 14.4 Å². The second-order valence-electron chi connectivity index (χ2n) is 7.32. The number of amides is 1. The van der Waals surface area contributed by atoms with Crippen molar-refractivity contribution >= 4 is 5.91 Å². The van der Waals surface area contributed by atoms with Crippen LogP contribution in [0.2, 0.25) is 0 Å². The van der Waals surface area contributed by atoms with E-state index in [0.717, 1.165) is 51.3 Å². The van der Waals surface area contributed by atoms with Gasteiger partial charge in [0.2, 0.25) is 5.91 Å².